The lowest BCUT2D eigenvalue weighted by Crippen LogP contribution is -2.30. The summed E-state index contributed by atoms with van der Waals surface area (Å²) in [4.78, 5) is 29.9. The third-order valence-electron chi connectivity index (χ3n) is 3.10. The van der Waals surface area contributed by atoms with Gasteiger partial charge in [-0.25, -0.2) is 4.98 Å². The van der Waals surface area contributed by atoms with E-state index in [-0.39, 0.29) is 17.9 Å². The van der Waals surface area contributed by atoms with Crippen LogP contribution in [0.1, 0.15) is 6.42 Å². The number of fused-ring (bicyclic) bond motifs is 1. The van der Waals surface area contributed by atoms with Crippen molar-refractivity contribution in [3.8, 4) is 0 Å². The zero-order valence-corrected chi connectivity index (χ0v) is 11.9. The third kappa shape index (κ3) is 2.64. The summed E-state index contributed by atoms with van der Waals surface area (Å²) in [5.41, 5.74) is 1.30. The Morgan fingerprint density at radius 3 is 2.70 bits per heavy atom. The second-order valence-electron chi connectivity index (χ2n) is 4.70. The Labute approximate surface area is 117 Å². The highest BCUT2D eigenvalue weighted by Gasteiger charge is 2.12. The van der Waals surface area contributed by atoms with Gasteiger partial charge in [-0.2, -0.15) is 0 Å². The fourth-order valence-electron chi connectivity index (χ4n) is 2.03. The van der Waals surface area contributed by atoms with Gasteiger partial charge in [0.05, 0.1) is 11.0 Å². The fourth-order valence-corrected chi connectivity index (χ4v) is 2.03. The molecule has 1 N–H and O–H groups in total. The van der Waals surface area contributed by atoms with Crippen LogP contribution in [0.15, 0.2) is 29.1 Å². The fraction of sp³-hybridized carbons (Fsp3) is 0.357. The Morgan fingerprint density at radius 2 is 2.05 bits per heavy atom. The van der Waals surface area contributed by atoms with Crippen LogP contribution >= 0.6 is 0 Å². The lowest BCUT2D eigenvalue weighted by molar-refractivity contribution is -0.120. The molecule has 0 atom stereocenters. The second-order valence-corrected chi connectivity index (χ2v) is 4.70. The summed E-state index contributed by atoms with van der Waals surface area (Å²) in [5, 5.41) is 2.56. The number of para-hydroxylation sites is 2. The molecular formula is C14H18N4O2. The Balaban J connectivity index is 2.57. The van der Waals surface area contributed by atoms with Crippen molar-refractivity contribution in [1.82, 2.24) is 14.9 Å². The van der Waals surface area contributed by atoms with E-state index in [9.17, 15) is 9.59 Å². The van der Waals surface area contributed by atoms with Gasteiger partial charge >= 0.3 is 0 Å². The molecule has 1 aromatic heterocycles. The van der Waals surface area contributed by atoms with Crippen molar-refractivity contribution in [1.29, 1.82) is 0 Å². The molecule has 2 rings (SSSR count). The van der Waals surface area contributed by atoms with E-state index in [0.717, 1.165) is 11.0 Å². The molecule has 6 heteroatoms. The van der Waals surface area contributed by atoms with E-state index in [0.29, 0.717) is 12.4 Å². The van der Waals surface area contributed by atoms with Gasteiger partial charge in [-0.1, -0.05) is 12.1 Å². The van der Waals surface area contributed by atoms with Crippen LogP contribution in [0.4, 0.5) is 5.82 Å². The molecule has 1 aromatic carbocycles. The molecule has 106 valence electrons. The van der Waals surface area contributed by atoms with E-state index >= 15 is 0 Å². The van der Waals surface area contributed by atoms with Gasteiger partial charge in [-0.05, 0) is 12.1 Å². The number of hydrogen-bond acceptors (Lipinski definition) is 4. The average Bonchev–Trinajstić information content (AvgIpc) is 2.45. The van der Waals surface area contributed by atoms with Crippen molar-refractivity contribution in [2.75, 3.05) is 26.0 Å². The molecule has 0 aliphatic heterocycles. The molecular weight excluding hydrogens is 256 g/mol. The van der Waals surface area contributed by atoms with Crippen LogP contribution in [0, 0.1) is 0 Å². The number of anilines is 1. The van der Waals surface area contributed by atoms with Gasteiger partial charge in [0.1, 0.15) is 0 Å². The standard InChI is InChI=1S/C14H18N4O2/c1-15-12(19)8-9-18-11-7-5-4-6-10(11)16-13(14(18)20)17(2)3/h4-7H,8-9H2,1-3H3,(H,15,19). The van der Waals surface area contributed by atoms with Crippen molar-refractivity contribution in [3.05, 3.63) is 34.6 Å². The Kier molecular flexibility index (Phi) is 4.02. The first-order valence-electron chi connectivity index (χ1n) is 6.42. The van der Waals surface area contributed by atoms with E-state index in [1.165, 1.54) is 0 Å². The molecule has 0 unspecified atom stereocenters. The number of aromatic nitrogens is 2. The van der Waals surface area contributed by atoms with Crippen LogP contribution in [0.2, 0.25) is 0 Å². The van der Waals surface area contributed by atoms with Gasteiger partial charge in [0, 0.05) is 34.1 Å². The number of amides is 1. The number of nitrogens with zero attached hydrogens (tertiary/aromatic N) is 3. The summed E-state index contributed by atoms with van der Waals surface area (Å²) in [6.45, 7) is 0.336. The average molecular weight is 274 g/mol. The maximum absolute atomic E-state index is 12.5. The summed E-state index contributed by atoms with van der Waals surface area (Å²) in [6, 6.07) is 7.43. The predicted molar refractivity (Wildman–Crippen MR) is 79.0 cm³/mol. The van der Waals surface area contributed by atoms with Crippen LogP contribution in [-0.4, -0.2) is 36.6 Å². The van der Waals surface area contributed by atoms with Crippen molar-refractivity contribution < 1.29 is 4.79 Å². The van der Waals surface area contributed by atoms with Crippen molar-refractivity contribution in [3.63, 3.8) is 0 Å². The maximum atomic E-state index is 12.5. The number of benzene rings is 1. The summed E-state index contributed by atoms with van der Waals surface area (Å²) < 4.78 is 1.60. The zero-order valence-electron chi connectivity index (χ0n) is 11.9. The molecule has 0 bridgehead atoms. The first kappa shape index (κ1) is 14.0. The first-order chi connectivity index (χ1) is 9.54. The largest absolute Gasteiger partial charge is 0.359 e. The molecule has 0 aliphatic carbocycles. The summed E-state index contributed by atoms with van der Waals surface area (Å²) in [6.07, 6.45) is 0.261. The number of aryl methyl sites for hydroxylation is 1. The number of hydrogen-bond donors (Lipinski definition) is 1. The van der Waals surface area contributed by atoms with Gasteiger partial charge in [0.2, 0.25) is 5.91 Å². The molecule has 6 nitrogen and oxygen atoms in total. The number of carbonyl (C=O) groups excluding carboxylic acids is 1. The highest BCUT2D eigenvalue weighted by molar-refractivity contribution is 5.78. The topological polar surface area (TPSA) is 67.2 Å². The second kappa shape index (κ2) is 5.73. The molecule has 0 radical (unpaired) electrons. The maximum Gasteiger partial charge on any atom is 0.293 e. The molecule has 0 saturated carbocycles. The van der Waals surface area contributed by atoms with Gasteiger partial charge < -0.3 is 14.8 Å². The van der Waals surface area contributed by atoms with Gasteiger partial charge in [0.25, 0.3) is 5.56 Å². The normalized spacial score (nSPS) is 10.6. The van der Waals surface area contributed by atoms with Gasteiger partial charge in [0.15, 0.2) is 5.82 Å². The minimum atomic E-state index is -0.183. The molecule has 1 heterocycles. The molecule has 0 spiro atoms. The molecule has 0 fully saturated rings. The smallest absolute Gasteiger partial charge is 0.293 e. The van der Waals surface area contributed by atoms with Crippen LogP contribution in [0.3, 0.4) is 0 Å². The number of nitrogens with one attached hydrogen (secondary N) is 1. The minimum Gasteiger partial charge on any atom is -0.359 e. The number of carbonyl (C=O) groups is 1. The van der Waals surface area contributed by atoms with Crippen molar-refractivity contribution >= 4 is 22.8 Å². The van der Waals surface area contributed by atoms with Crippen LogP contribution in [0.25, 0.3) is 11.0 Å². The summed E-state index contributed by atoms with van der Waals surface area (Å²) in [5.74, 6) is 0.282. The zero-order chi connectivity index (χ0) is 14.7. The summed E-state index contributed by atoms with van der Waals surface area (Å²) >= 11 is 0. The van der Waals surface area contributed by atoms with Crippen LogP contribution < -0.4 is 15.8 Å². The van der Waals surface area contributed by atoms with Crippen LogP contribution in [-0.2, 0) is 11.3 Å². The summed E-state index contributed by atoms with van der Waals surface area (Å²) in [7, 11) is 5.14. The minimum absolute atomic E-state index is 0.0933. The molecule has 2 aromatic rings. The van der Waals surface area contributed by atoms with E-state index < -0.39 is 0 Å². The predicted octanol–water partition coefficient (Wildman–Crippen LogP) is 0.599. The molecule has 20 heavy (non-hydrogen) atoms. The van der Waals surface area contributed by atoms with E-state index in [4.69, 9.17) is 0 Å². The lowest BCUT2D eigenvalue weighted by Gasteiger charge is -2.15. The highest BCUT2D eigenvalue weighted by atomic mass is 16.1. The Hall–Kier alpha value is -2.37. The van der Waals surface area contributed by atoms with Crippen LogP contribution in [0.5, 0.6) is 0 Å². The SMILES string of the molecule is CNC(=O)CCn1c(=O)c(N(C)C)nc2ccccc21. The van der Waals surface area contributed by atoms with Crippen molar-refractivity contribution in [2.45, 2.75) is 13.0 Å². The quantitative estimate of drug-likeness (QED) is 0.886. The Bertz CT molecular complexity index is 691. The molecule has 1 amide bonds. The van der Waals surface area contributed by atoms with Crippen molar-refractivity contribution in [2.24, 2.45) is 0 Å². The van der Waals surface area contributed by atoms with E-state index in [2.05, 4.69) is 10.3 Å². The number of rotatable bonds is 4. The van der Waals surface area contributed by atoms with E-state index in [1.807, 2.05) is 24.3 Å². The first-order valence-corrected chi connectivity index (χ1v) is 6.42. The highest BCUT2D eigenvalue weighted by Crippen LogP contribution is 2.13. The monoisotopic (exact) mass is 274 g/mol. The van der Waals surface area contributed by atoms with Gasteiger partial charge in [-0.3, -0.25) is 9.59 Å². The third-order valence-corrected chi connectivity index (χ3v) is 3.10. The van der Waals surface area contributed by atoms with E-state index in [1.54, 1.807) is 30.6 Å². The molecule has 0 aliphatic rings. The Morgan fingerprint density at radius 1 is 1.35 bits per heavy atom. The molecule has 0 saturated heterocycles. The van der Waals surface area contributed by atoms with Gasteiger partial charge in [-0.15, -0.1) is 0 Å². The lowest BCUT2D eigenvalue weighted by atomic mass is 10.2.